The Morgan fingerprint density at radius 1 is 1.11 bits per heavy atom. The fourth-order valence-corrected chi connectivity index (χ4v) is 4.74. The number of pyridine rings is 1. The Morgan fingerprint density at radius 2 is 1.86 bits per heavy atom. The first-order chi connectivity index (χ1) is 17.3. The first kappa shape index (κ1) is 25.3. The van der Waals surface area contributed by atoms with Crippen molar-refractivity contribution < 1.29 is 23.8 Å². The molecule has 0 saturated heterocycles. The molecule has 0 aliphatic carbocycles. The zero-order valence-electron chi connectivity index (χ0n) is 19.7. The molecule has 0 aliphatic heterocycles. The number of halogens is 2. The molecule has 36 heavy (non-hydrogen) atoms. The van der Waals surface area contributed by atoms with Crippen LogP contribution in [0.4, 0.5) is 4.39 Å². The minimum Gasteiger partial charge on any atom is -0.496 e. The number of rotatable bonds is 8. The SMILES string of the molecule is COc1cccc(F)c1[C@@H](CNC(=O)c1c(C)c(-c2ccccc2)nc2ccc(Br)cc12)CC(=O)O. The van der Waals surface area contributed by atoms with Crippen molar-refractivity contribution in [3.63, 3.8) is 0 Å². The van der Waals surface area contributed by atoms with Gasteiger partial charge in [0, 0.05) is 33.4 Å². The summed E-state index contributed by atoms with van der Waals surface area (Å²) in [5, 5.41) is 13.0. The number of hydrogen-bond donors (Lipinski definition) is 2. The first-order valence-corrected chi connectivity index (χ1v) is 12.1. The van der Waals surface area contributed by atoms with Crippen molar-refractivity contribution in [1.29, 1.82) is 0 Å². The molecule has 4 aromatic rings. The van der Waals surface area contributed by atoms with Gasteiger partial charge in [0.1, 0.15) is 11.6 Å². The van der Waals surface area contributed by atoms with Crippen LogP contribution in [0.3, 0.4) is 0 Å². The van der Waals surface area contributed by atoms with Crippen LogP contribution in [0.2, 0.25) is 0 Å². The van der Waals surface area contributed by atoms with Crippen molar-refractivity contribution in [3.8, 4) is 17.0 Å². The van der Waals surface area contributed by atoms with Gasteiger partial charge in [-0.1, -0.05) is 52.3 Å². The molecule has 3 aromatic carbocycles. The van der Waals surface area contributed by atoms with E-state index in [0.717, 1.165) is 10.0 Å². The molecule has 0 fully saturated rings. The van der Waals surface area contributed by atoms with E-state index in [2.05, 4.69) is 21.2 Å². The summed E-state index contributed by atoms with van der Waals surface area (Å²) in [5.74, 6) is -2.70. The van der Waals surface area contributed by atoms with Gasteiger partial charge in [0.2, 0.25) is 0 Å². The predicted molar refractivity (Wildman–Crippen MR) is 140 cm³/mol. The molecule has 0 spiro atoms. The fourth-order valence-electron chi connectivity index (χ4n) is 4.38. The number of nitrogens with one attached hydrogen (secondary N) is 1. The summed E-state index contributed by atoms with van der Waals surface area (Å²) in [6, 6.07) is 19.4. The lowest BCUT2D eigenvalue weighted by molar-refractivity contribution is -0.137. The van der Waals surface area contributed by atoms with E-state index in [0.29, 0.717) is 27.7 Å². The van der Waals surface area contributed by atoms with Crippen LogP contribution in [0.1, 0.15) is 33.8 Å². The average molecular weight is 551 g/mol. The second kappa shape index (κ2) is 10.9. The second-order valence-corrected chi connectivity index (χ2v) is 9.26. The van der Waals surface area contributed by atoms with E-state index in [1.807, 2.05) is 55.5 Å². The number of carbonyl (C=O) groups is 2. The molecule has 0 saturated carbocycles. The number of aliphatic carboxylic acids is 1. The lowest BCUT2D eigenvalue weighted by Crippen LogP contribution is -2.31. The smallest absolute Gasteiger partial charge is 0.304 e. The Labute approximate surface area is 216 Å². The summed E-state index contributed by atoms with van der Waals surface area (Å²) in [7, 11) is 1.39. The molecule has 0 unspecified atom stereocenters. The molecule has 0 aliphatic rings. The van der Waals surface area contributed by atoms with E-state index in [1.165, 1.54) is 19.2 Å². The maximum absolute atomic E-state index is 14.7. The van der Waals surface area contributed by atoms with Gasteiger partial charge >= 0.3 is 5.97 Å². The zero-order valence-corrected chi connectivity index (χ0v) is 21.3. The highest BCUT2D eigenvalue weighted by Crippen LogP contribution is 2.33. The van der Waals surface area contributed by atoms with Gasteiger partial charge in [-0.3, -0.25) is 9.59 Å². The Bertz CT molecular complexity index is 1440. The lowest BCUT2D eigenvalue weighted by atomic mass is 9.93. The predicted octanol–water partition coefficient (Wildman–Crippen LogP) is 6.11. The van der Waals surface area contributed by atoms with Gasteiger partial charge < -0.3 is 15.2 Å². The number of carbonyl (C=O) groups excluding carboxylic acids is 1. The van der Waals surface area contributed by atoms with Gasteiger partial charge in [-0.25, -0.2) is 9.37 Å². The van der Waals surface area contributed by atoms with Gasteiger partial charge in [-0.2, -0.15) is 0 Å². The molecule has 0 radical (unpaired) electrons. The highest BCUT2D eigenvalue weighted by atomic mass is 79.9. The monoisotopic (exact) mass is 550 g/mol. The molecular weight excluding hydrogens is 527 g/mol. The number of aromatic nitrogens is 1. The number of carboxylic acids is 1. The van der Waals surface area contributed by atoms with Crippen LogP contribution < -0.4 is 10.1 Å². The highest BCUT2D eigenvalue weighted by molar-refractivity contribution is 9.10. The van der Waals surface area contributed by atoms with Crippen LogP contribution in [0.15, 0.2) is 71.2 Å². The zero-order chi connectivity index (χ0) is 25.8. The number of benzene rings is 3. The Hall–Kier alpha value is -3.78. The van der Waals surface area contributed by atoms with Gasteiger partial charge in [-0.05, 0) is 42.8 Å². The highest BCUT2D eigenvalue weighted by Gasteiger charge is 2.25. The van der Waals surface area contributed by atoms with Crippen molar-refractivity contribution in [3.05, 3.63) is 93.7 Å². The Kier molecular flexibility index (Phi) is 7.64. The summed E-state index contributed by atoms with van der Waals surface area (Å²) in [5.41, 5.74) is 3.41. The standard InChI is InChI=1S/C28H24BrFN2O4/c1-16-25(20-14-19(29)11-12-22(20)32-27(16)17-7-4-3-5-8-17)28(35)31-15-18(13-24(33)34)26-21(30)9-6-10-23(26)36-2/h3-12,14,18H,13,15H2,1-2H3,(H,31,35)(H,33,34)/t18-/m1/s1. The molecule has 6 nitrogen and oxygen atoms in total. The van der Waals surface area contributed by atoms with E-state index in [-0.39, 0.29) is 24.3 Å². The molecule has 1 atom stereocenters. The van der Waals surface area contributed by atoms with E-state index in [4.69, 9.17) is 9.72 Å². The van der Waals surface area contributed by atoms with Crippen LogP contribution >= 0.6 is 15.9 Å². The quantitative estimate of drug-likeness (QED) is 0.276. The molecule has 2 N–H and O–H groups in total. The first-order valence-electron chi connectivity index (χ1n) is 11.3. The number of methoxy groups -OCH3 is 1. The summed E-state index contributed by atoms with van der Waals surface area (Å²) in [6.07, 6.45) is -0.380. The molecule has 1 aromatic heterocycles. The van der Waals surface area contributed by atoms with Crippen molar-refractivity contribution in [2.75, 3.05) is 13.7 Å². The lowest BCUT2D eigenvalue weighted by Gasteiger charge is -2.21. The van der Waals surface area contributed by atoms with E-state index in [9.17, 15) is 19.1 Å². The normalized spacial score (nSPS) is 11.8. The topological polar surface area (TPSA) is 88.5 Å². The molecule has 4 rings (SSSR count). The summed E-state index contributed by atoms with van der Waals surface area (Å²) in [4.78, 5) is 30.0. The minimum absolute atomic E-state index is 0.0969. The van der Waals surface area contributed by atoms with E-state index in [1.54, 1.807) is 6.07 Å². The van der Waals surface area contributed by atoms with Crippen LogP contribution in [0, 0.1) is 12.7 Å². The molecule has 1 heterocycles. The fraction of sp³-hybridized carbons (Fsp3) is 0.179. The minimum atomic E-state index is -1.11. The number of amides is 1. The maximum Gasteiger partial charge on any atom is 0.304 e. The van der Waals surface area contributed by atoms with Crippen LogP contribution in [0.5, 0.6) is 5.75 Å². The van der Waals surface area contributed by atoms with Gasteiger partial charge in [0.15, 0.2) is 0 Å². The number of hydrogen-bond acceptors (Lipinski definition) is 4. The van der Waals surface area contributed by atoms with Gasteiger partial charge in [-0.15, -0.1) is 0 Å². The number of nitrogens with zero attached hydrogens (tertiary/aromatic N) is 1. The van der Waals surface area contributed by atoms with Crippen LogP contribution in [-0.2, 0) is 4.79 Å². The molecule has 1 amide bonds. The number of fused-ring (bicyclic) bond motifs is 1. The van der Waals surface area contributed by atoms with Crippen LogP contribution in [-0.4, -0.2) is 35.6 Å². The largest absolute Gasteiger partial charge is 0.496 e. The van der Waals surface area contributed by atoms with Crippen LogP contribution in [0.25, 0.3) is 22.2 Å². The second-order valence-electron chi connectivity index (χ2n) is 8.35. The molecule has 184 valence electrons. The van der Waals surface area contributed by atoms with Crippen molar-refractivity contribution in [1.82, 2.24) is 10.3 Å². The molecule has 0 bridgehead atoms. The van der Waals surface area contributed by atoms with Crippen molar-refractivity contribution in [2.24, 2.45) is 0 Å². The molecular formula is C28H24BrFN2O4. The van der Waals surface area contributed by atoms with Crippen molar-refractivity contribution in [2.45, 2.75) is 19.3 Å². The van der Waals surface area contributed by atoms with E-state index < -0.39 is 23.6 Å². The third-order valence-electron chi connectivity index (χ3n) is 6.04. The van der Waals surface area contributed by atoms with Gasteiger partial charge in [0.25, 0.3) is 5.91 Å². The number of carboxylic acid groups (broad SMARTS) is 1. The summed E-state index contributed by atoms with van der Waals surface area (Å²) in [6.45, 7) is 1.74. The third-order valence-corrected chi connectivity index (χ3v) is 6.53. The number of ether oxygens (including phenoxy) is 1. The summed E-state index contributed by atoms with van der Waals surface area (Å²) < 4.78 is 20.8. The van der Waals surface area contributed by atoms with E-state index >= 15 is 0 Å². The Morgan fingerprint density at radius 3 is 2.56 bits per heavy atom. The molecule has 8 heteroatoms. The van der Waals surface area contributed by atoms with Gasteiger partial charge in [0.05, 0.1) is 30.3 Å². The maximum atomic E-state index is 14.7. The Balaban J connectivity index is 1.75. The average Bonchev–Trinajstić information content (AvgIpc) is 2.86. The summed E-state index contributed by atoms with van der Waals surface area (Å²) >= 11 is 3.47. The third kappa shape index (κ3) is 5.23. The van der Waals surface area contributed by atoms with Crippen molar-refractivity contribution >= 4 is 38.7 Å².